The van der Waals surface area contributed by atoms with Crippen LogP contribution in [0.3, 0.4) is 0 Å². The van der Waals surface area contributed by atoms with Crippen LogP contribution in [0.1, 0.15) is 43.8 Å². The molecule has 146 valence electrons. The summed E-state index contributed by atoms with van der Waals surface area (Å²) in [5, 5.41) is 9.95. The molecule has 0 unspecified atom stereocenters. The molecule has 8 heteroatoms. The average molecular weight is 483 g/mol. The SMILES string of the molecule is CCNC(=NCc1csc(C(C)C)n1)NCCN(C)CCCOC.I. The summed E-state index contributed by atoms with van der Waals surface area (Å²) in [4.78, 5) is 11.6. The van der Waals surface area contributed by atoms with Gasteiger partial charge < -0.3 is 20.3 Å². The molecule has 0 aliphatic carbocycles. The lowest BCUT2D eigenvalue weighted by atomic mass is 10.2. The van der Waals surface area contributed by atoms with E-state index in [4.69, 9.17) is 4.74 Å². The predicted molar refractivity (Wildman–Crippen MR) is 118 cm³/mol. The second-order valence-corrected chi connectivity index (χ2v) is 6.99. The standard InChI is InChI=1S/C17H33N5OS.HI/c1-6-18-17(19-8-10-22(4)9-7-11-23-5)20-12-15-13-24-16(21-15)14(2)3;/h13-14H,6-12H2,1-5H3,(H2,18,19,20);1H. The minimum atomic E-state index is 0. The second-order valence-electron chi connectivity index (χ2n) is 6.10. The summed E-state index contributed by atoms with van der Waals surface area (Å²) in [5.41, 5.74) is 1.04. The van der Waals surface area contributed by atoms with Crippen LogP contribution in [0.2, 0.25) is 0 Å². The zero-order valence-electron chi connectivity index (χ0n) is 16.2. The average Bonchev–Trinajstić information content (AvgIpc) is 3.02. The number of methoxy groups -OCH3 is 1. The minimum absolute atomic E-state index is 0. The highest BCUT2D eigenvalue weighted by molar-refractivity contribution is 14.0. The summed E-state index contributed by atoms with van der Waals surface area (Å²) in [6.45, 7) is 11.6. The highest BCUT2D eigenvalue weighted by Gasteiger charge is 2.06. The van der Waals surface area contributed by atoms with Crippen LogP contribution in [0.15, 0.2) is 10.4 Å². The first-order chi connectivity index (χ1) is 11.6. The van der Waals surface area contributed by atoms with Crippen molar-refractivity contribution < 1.29 is 4.74 Å². The molecule has 0 amide bonds. The van der Waals surface area contributed by atoms with Crippen LogP contribution >= 0.6 is 35.3 Å². The van der Waals surface area contributed by atoms with E-state index in [1.165, 1.54) is 5.01 Å². The lowest BCUT2D eigenvalue weighted by Crippen LogP contribution is -2.41. The van der Waals surface area contributed by atoms with E-state index in [0.717, 1.165) is 50.9 Å². The molecule has 1 aromatic rings. The number of hydrogen-bond donors (Lipinski definition) is 2. The predicted octanol–water partition coefficient (Wildman–Crippen LogP) is 2.91. The molecule has 0 saturated carbocycles. The zero-order valence-corrected chi connectivity index (χ0v) is 19.3. The van der Waals surface area contributed by atoms with Gasteiger partial charge in [-0.15, -0.1) is 35.3 Å². The van der Waals surface area contributed by atoms with Gasteiger partial charge in [-0.1, -0.05) is 13.8 Å². The molecule has 0 saturated heterocycles. The Kier molecular flexibility index (Phi) is 14.4. The number of thiazole rings is 1. The van der Waals surface area contributed by atoms with E-state index in [2.05, 4.69) is 58.7 Å². The van der Waals surface area contributed by atoms with E-state index in [1.807, 2.05) is 0 Å². The van der Waals surface area contributed by atoms with Crippen molar-refractivity contribution in [3.8, 4) is 0 Å². The first kappa shape index (κ1) is 24.6. The quantitative estimate of drug-likeness (QED) is 0.219. The summed E-state index contributed by atoms with van der Waals surface area (Å²) in [5.74, 6) is 1.33. The van der Waals surface area contributed by atoms with E-state index in [9.17, 15) is 0 Å². The normalized spacial score (nSPS) is 11.7. The molecule has 0 bridgehead atoms. The van der Waals surface area contributed by atoms with Gasteiger partial charge in [0.1, 0.15) is 0 Å². The Morgan fingerprint density at radius 3 is 2.72 bits per heavy atom. The fourth-order valence-electron chi connectivity index (χ4n) is 2.12. The number of halogens is 1. The van der Waals surface area contributed by atoms with Gasteiger partial charge in [-0.25, -0.2) is 9.98 Å². The minimum Gasteiger partial charge on any atom is -0.385 e. The molecule has 0 atom stereocenters. The molecule has 25 heavy (non-hydrogen) atoms. The lowest BCUT2D eigenvalue weighted by molar-refractivity contribution is 0.180. The first-order valence-electron chi connectivity index (χ1n) is 8.70. The number of ether oxygens (including phenoxy) is 1. The van der Waals surface area contributed by atoms with Crippen LogP contribution in [0.5, 0.6) is 0 Å². The van der Waals surface area contributed by atoms with Crippen LogP contribution in [0.4, 0.5) is 0 Å². The van der Waals surface area contributed by atoms with Gasteiger partial charge in [-0.2, -0.15) is 0 Å². The summed E-state index contributed by atoms with van der Waals surface area (Å²) in [6.07, 6.45) is 1.06. The van der Waals surface area contributed by atoms with Crippen molar-refractivity contribution >= 4 is 41.3 Å². The van der Waals surface area contributed by atoms with Crippen molar-refractivity contribution in [3.63, 3.8) is 0 Å². The number of aliphatic imine (C=N–C) groups is 1. The molecule has 6 nitrogen and oxygen atoms in total. The van der Waals surface area contributed by atoms with Crippen molar-refractivity contribution in [1.29, 1.82) is 0 Å². The molecular weight excluding hydrogens is 449 g/mol. The third-order valence-electron chi connectivity index (χ3n) is 3.48. The summed E-state index contributed by atoms with van der Waals surface area (Å²) >= 11 is 1.72. The Morgan fingerprint density at radius 2 is 2.12 bits per heavy atom. The fourth-order valence-corrected chi connectivity index (χ4v) is 2.94. The topological polar surface area (TPSA) is 61.8 Å². The van der Waals surface area contributed by atoms with Crippen molar-refractivity contribution in [3.05, 3.63) is 16.1 Å². The maximum atomic E-state index is 5.08. The molecule has 1 aromatic heterocycles. The number of hydrogen-bond acceptors (Lipinski definition) is 5. The number of nitrogens with one attached hydrogen (secondary N) is 2. The third kappa shape index (κ3) is 11.0. The lowest BCUT2D eigenvalue weighted by Gasteiger charge is -2.18. The largest absolute Gasteiger partial charge is 0.385 e. The van der Waals surface area contributed by atoms with Crippen molar-refractivity contribution in [2.24, 2.45) is 4.99 Å². The molecule has 1 heterocycles. The maximum absolute atomic E-state index is 5.08. The van der Waals surface area contributed by atoms with Gasteiger partial charge in [-0.3, -0.25) is 0 Å². The molecule has 0 fully saturated rings. The van der Waals surface area contributed by atoms with Crippen molar-refractivity contribution in [1.82, 2.24) is 20.5 Å². The molecule has 0 aliphatic heterocycles. The van der Waals surface area contributed by atoms with Gasteiger partial charge in [0.15, 0.2) is 5.96 Å². The second kappa shape index (κ2) is 14.7. The first-order valence-corrected chi connectivity index (χ1v) is 9.58. The number of rotatable bonds is 11. The molecule has 2 N–H and O–H groups in total. The molecule has 1 rings (SSSR count). The summed E-state index contributed by atoms with van der Waals surface area (Å²) in [6, 6.07) is 0. The number of likely N-dealkylation sites (N-methyl/N-ethyl adjacent to an activating group) is 1. The molecule has 0 spiro atoms. The van der Waals surface area contributed by atoms with Gasteiger partial charge in [0.25, 0.3) is 0 Å². The Morgan fingerprint density at radius 1 is 1.36 bits per heavy atom. The Balaban J connectivity index is 0.00000576. The van der Waals surface area contributed by atoms with E-state index < -0.39 is 0 Å². The van der Waals surface area contributed by atoms with Gasteiger partial charge in [-0.05, 0) is 20.4 Å². The third-order valence-corrected chi connectivity index (χ3v) is 4.68. The van der Waals surface area contributed by atoms with Gasteiger partial charge in [0.05, 0.1) is 17.2 Å². The monoisotopic (exact) mass is 483 g/mol. The Bertz CT molecular complexity index is 481. The number of aromatic nitrogens is 1. The van der Waals surface area contributed by atoms with E-state index in [-0.39, 0.29) is 24.0 Å². The number of nitrogens with zero attached hydrogens (tertiary/aromatic N) is 3. The van der Waals surface area contributed by atoms with Gasteiger partial charge >= 0.3 is 0 Å². The summed E-state index contributed by atoms with van der Waals surface area (Å²) in [7, 11) is 3.87. The summed E-state index contributed by atoms with van der Waals surface area (Å²) < 4.78 is 5.08. The van der Waals surface area contributed by atoms with Gasteiger partial charge in [0.2, 0.25) is 0 Å². The Labute approximate surface area is 173 Å². The van der Waals surface area contributed by atoms with Crippen LogP contribution in [0.25, 0.3) is 0 Å². The van der Waals surface area contributed by atoms with E-state index >= 15 is 0 Å². The zero-order chi connectivity index (χ0) is 17.8. The Hall–Kier alpha value is -0.450. The highest BCUT2D eigenvalue weighted by Crippen LogP contribution is 2.19. The van der Waals surface area contributed by atoms with Crippen LogP contribution < -0.4 is 10.6 Å². The van der Waals surface area contributed by atoms with E-state index in [1.54, 1.807) is 18.4 Å². The van der Waals surface area contributed by atoms with Crippen LogP contribution in [0, 0.1) is 0 Å². The van der Waals surface area contributed by atoms with Gasteiger partial charge in [0, 0.05) is 51.2 Å². The fraction of sp³-hybridized carbons (Fsp3) is 0.765. The molecule has 0 aromatic carbocycles. The van der Waals surface area contributed by atoms with Crippen LogP contribution in [-0.4, -0.2) is 62.8 Å². The highest BCUT2D eigenvalue weighted by atomic mass is 127. The van der Waals surface area contributed by atoms with Crippen molar-refractivity contribution in [2.75, 3.05) is 46.9 Å². The smallest absolute Gasteiger partial charge is 0.191 e. The van der Waals surface area contributed by atoms with Crippen LogP contribution in [-0.2, 0) is 11.3 Å². The molecule has 0 radical (unpaired) electrons. The maximum Gasteiger partial charge on any atom is 0.191 e. The molecule has 0 aliphatic rings. The van der Waals surface area contributed by atoms with Crippen molar-refractivity contribution in [2.45, 2.75) is 39.7 Å². The van der Waals surface area contributed by atoms with E-state index in [0.29, 0.717) is 12.5 Å². The molecular formula is C17H34IN5OS. The number of guanidine groups is 1.